The molecule has 0 aliphatic heterocycles. The zero-order valence-corrected chi connectivity index (χ0v) is 11.7. The molecule has 0 atom stereocenters. The molecule has 0 N–H and O–H groups in total. The van der Waals surface area contributed by atoms with Crippen LogP contribution >= 0.6 is 0 Å². The maximum Gasteiger partial charge on any atom is 0 e. The molecule has 0 nitrogen and oxygen atoms in total. The molecule has 0 unspecified atom stereocenters. The van der Waals surface area contributed by atoms with Gasteiger partial charge in [-0.15, -0.1) is 6.42 Å². The molecule has 1 radical (unpaired) electrons. The third kappa shape index (κ3) is 8.59. The smallest absolute Gasteiger partial charge is 0 e. The van der Waals surface area contributed by atoms with Crippen molar-refractivity contribution in [3.63, 3.8) is 0 Å². The first-order valence-corrected chi connectivity index (χ1v) is 5.43. The fourth-order valence-electron chi connectivity index (χ4n) is 1.37. The van der Waals surface area contributed by atoms with E-state index in [1.165, 1.54) is 31.3 Å². The van der Waals surface area contributed by atoms with E-state index in [-0.39, 0.29) is 20.1 Å². The van der Waals surface area contributed by atoms with Gasteiger partial charge in [-0.05, 0) is 25.7 Å². The summed E-state index contributed by atoms with van der Waals surface area (Å²) in [5.41, 5.74) is 1.27. The summed E-state index contributed by atoms with van der Waals surface area (Å²) in [6, 6.07) is 0. The van der Waals surface area contributed by atoms with E-state index in [2.05, 4.69) is 49.5 Å². The molecule has 0 fully saturated rings. The van der Waals surface area contributed by atoms with E-state index in [1.54, 1.807) is 0 Å². The van der Waals surface area contributed by atoms with E-state index in [9.17, 15) is 0 Å². The van der Waals surface area contributed by atoms with Crippen LogP contribution in [0.15, 0.2) is 42.0 Å². The van der Waals surface area contributed by atoms with Crippen molar-refractivity contribution in [1.29, 1.82) is 0 Å². The van der Waals surface area contributed by atoms with E-state index in [0.29, 0.717) is 0 Å². The molecular formula is C14H19Ir-. The molecule has 2 aliphatic rings. The Kier molecular flexibility index (Phi) is 9.87. The molecular weight excluding hydrogens is 360 g/mol. The zero-order chi connectivity index (χ0) is 10.1. The first kappa shape index (κ1) is 14.6. The molecule has 0 aromatic heterocycles. The van der Waals surface area contributed by atoms with Crippen LogP contribution in [0.1, 0.15) is 39.0 Å². The number of hydrogen-bond donors (Lipinski definition) is 0. The zero-order valence-electron chi connectivity index (χ0n) is 9.33. The van der Waals surface area contributed by atoms with Gasteiger partial charge in [-0.3, -0.25) is 6.08 Å². The van der Waals surface area contributed by atoms with Crippen LogP contribution in [-0.2, 0) is 20.1 Å². The summed E-state index contributed by atoms with van der Waals surface area (Å²) in [5.74, 6) is 0. The second-order valence-corrected chi connectivity index (χ2v) is 3.56. The van der Waals surface area contributed by atoms with Crippen LogP contribution in [0, 0.1) is 6.08 Å². The van der Waals surface area contributed by atoms with E-state index in [4.69, 9.17) is 0 Å². The summed E-state index contributed by atoms with van der Waals surface area (Å²) in [5, 5.41) is 0. The summed E-state index contributed by atoms with van der Waals surface area (Å²) in [4.78, 5) is 0. The van der Waals surface area contributed by atoms with Gasteiger partial charge in [-0.25, -0.2) is 11.6 Å². The summed E-state index contributed by atoms with van der Waals surface area (Å²) < 4.78 is 0. The van der Waals surface area contributed by atoms with Crippen molar-refractivity contribution < 1.29 is 20.1 Å². The van der Waals surface area contributed by atoms with E-state index in [1.807, 2.05) is 0 Å². The van der Waals surface area contributed by atoms with Gasteiger partial charge in [0.1, 0.15) is 0 Å². The van der Waals surface area contributed by atoms with Crippen LogP contribution in [0.5, 0.6) is 0 Å². The van der Waals surface area contributed by atoms with Crippen molar-refractivity contribution in [1.82, 2.24) is 0 Å². The molecule has 0 heterocycles. The molecule has 2 rings (SSSR count). The van der Waals surface area contributed by atoms with Gasteiger partial charge < -0.3 is 0 Å². The second-order valence-electron chi connectivity index (χ2n) is 3.56. The van der Waals surface area contributed by atoms with Gasteiger partial charge in [0.05, 0.1) is 0 Å². The topological polar surface area (TPSA) is 0 Å². The minimum atomic E-state index is 0. The molecule has 0 saturated carbocycles. The molecule has 1 heteroatoms. The second kappa shape index (κ2) is 10.1. The van der Waals surface area contributed by atoms with Crippen LogP contribution in [0.2, 0.25) is 0 Å². The summed E-state index contributed by atoms with van der Waals surface area (Å²) in [6.07, 6.45) is 22.3. The predicted molar refractivity (Wildman–Crippen MR) is 62.9 cm³/mol. The molecule has 0 amide bonds. The minimum absolute atomic E-state index is 0. The summed E-state index contributed by atoms with van der Waals surface area (Å²) in [6.45, 7) is 2.06. The molecule has 0 spiro atoms. The van der Waals surface area contributed by atoms with E-state index < -0.39 is 0 Å². The molecule has 0 bridgehead atoms. The summed E-state index contributed by atoms with van der Waals surface area (Å²) >= 11 is 0. The Labute approximate surface area is 107 Å². The molecule has 0 aromatic carbocycles. The van der Waals surface area contributed by atoms with Crippen LogP contribution in [0.4, 0.5) is 0 Å². The quantitative estimate of drug-likeness (QED) is 0.433. The Morgan fingerprint density at radius 3 is 1.53 bits per heavy atom. The first-order valence-electron chi connectivity index (χ1n) is 5.43. The van der Waals surface area contributed by atoms with Gasteiger partial charge in [0, 0.05) is 20.1 Å². The molecule has 0 saturated heterocycles. The maximum absolute atomic E-state index is 3.12. The Balaban J connectivity index is 0.000000253. The number of allylic oxidation sites excluding steroid dienone is 8. The Hall–Kier alpha value is -0.391. The molecule has 0 aromatic rings. The monoisotopic (exact) mass is 380 g/mol. The fraction of sp³-hybridized carbons (Fsp3) is 0.429. The van der Waals surface area contributed by atoms with Crippen molar-refractivity contribution >= 4 is 0 Å². The Morgan fingerprint density at radius 2 is 1.33 bits per heavy atom. The average Bonchev–Trinajstić information content (AvgIpc) is 2.55. The van der Waals surface area contributed by atoms with E-state index in [0.717, 1.165) is 6.42 Å². The third-order valence-electron chi connectivity index (χ3n) is 2.20. The normalized spacial score (nSPS) is 20.2. The molecule has 15 heavy (non-hydrogen) atoms. The van der Waals surface area contributed by atoms with Crippen LogP contribution in [-0.4, -0.2) is 0 Å². The van der Waals surface area contributed by atoms with Gasteiger partial charge in [0.15, 0.2) is 0 Å². The van der Waals surface area contributed by atoms with Crippen molar-refractivity contribution in [2.75, 3.05) is 0 Å². The largest absolute Gasteiger partial charge is 0.270 e. The van der Waals surface area contributed by atoms with Gasteiger partial charge in [-0.2, -0.15) is 6.08 Å². The Morgan fingerprint density at radius 1 is 0.867 bits per heavy atom. The summed E-state index contributed by atoms with van der Waals surface area (Å²) in [7, 11) is 0. The van der Waals surface area contributed by atoms with Crippen molar-refractivity contribution in [3.8, 4) is 0 Å². The van der Waals surface area contributed by atoms with Gasteiger partial charge in [0.25, 0.3) is 0 Å². The third-order valence-corrected chi connectivity index (χ3v) is 2.20. The standard InChI is InChI=1S/C8H12.C6H7.Ir/c1-2-4-6-8-7-5-3-1;1-6-4-2-3-5-6;/h1-2,7-8H,3-6H2;2,4H,3H2,1H3;/q;-1;/b2-1-,8-7?;;. The predicted octanol–water partition coefficient (Wildman–Crippen LogP) is 4.37. The Bertz CT molecular complexity index is 228. The fourth-order valence-corrected chi connectivity index (χ4v) is 1.37. The molecule has 2 aliphatic carbocycles. The van der Waals surface area contributed by atoms with Gasteiger partial charge in [-0.1, -0.05) is 31.2 Å². The number of hydrogen-bond acceptors (Lipinski definition) is 0. The van der Waals surface area contributed by atoms with Crippen LogP contribution < -0.4 is 0 Å². The van der Waals surface area contributed by atoms with Crippen molar-refractivity contribution in [3.05, 3.63) is 48.1 Å². The van der Waals surface area contributed by atoms with Crippen molar-refractivity contribution in [2.45, 2.75) is 39.0 Å². The number of rotatable bonds is 0. The minimum Gasteiger partial charge on any atom is -0.270 e. The molecule has 85 valence electrons. The van der Waals surface area contributed by atoms with E-state index >= 15 is 0 Å². The SMILES string of the molecule is C1=CCC/C=C\CC1.CC1=[C-]CC=C1.[Ir]. The van der Waals surface area contributed by atoms with Gasteiger partial charge in [0.2, 0.25) is 0 Å². The van der Waals surface area contributed by atoms with Crippen molar-refractivity contribution in [2.24, 2.45) is 0 Å². The average molecular weight is 380 g/mol. The van der Waals surface area contributed by atoms with Crippen LogP contribution in [0.25, 0.3) is 0 Å². The van der Waals surface area contributed by atoms with Crippen LogP contribution in [0.3, 0.4) is 0 Å². The maximum atomic E-state index is 3.12. The van der Waals surface area contributed by atoms with Gasteiger partial charge >= 0.3 is 0 Å². The first-order chi connectivity index (χ1) is 6.89.